The highest BCUT2D eigenvalue weighted by Gasteiger charge is 2.23. The van der Waals surface area contributed by atoms with Crippen LogP contribution >= 0.6 is 0 Å². The number of nitrogens with zero attached hydrogens (tertiary/aromatic N) is 1. The van der Waals surface area contributed by atoms with Gasteiger partial charge in [0.15, 0.2) is 0 Å². The fourth-order valence-electron chi connectivity index (χ4n) is 1.84. The van der Waals surface area contributed by atoms with Gasteiger partial charge in [-0.25, -0.2) is 21.9 Å². The zero-order chi connectivity index (χ0) is 16.0. The summed E-state index contributed by atoms with van der Waals surface area (Å²) in [7, 11) is 1.09. The van der Waals surface area contributed by atoms with Crippen LogP contribution in [0.2, 0.25) is 0 Å². The summed E-state index contributed by atoms with van der Waals surface area (Å²) in [5, 5.41) is 0. The molecule has 0 saturated heterocycles. The Bertz CT molecular complexity index is 544. The number of benzene rings is 1. The van der Waals surface area contributed by atoms with Crippen molar-refractivity contribution in [3.8, 4) is 0 Å². The summed E-state index contributed by atoms with van der Waals surface area (Å²) in [6, 6.07) is 2.82. The molecule has 21 heavy (non-hydrogen) atoms. The largest absolute Gasteiger partial charge is 0.384 e. The zero-order valence-corrected chi connectivity index (χ0v) is 13.1. The lowest BCUT2D eigenvalue weighted by atomic mass is 10.0. The number of ether oxygens (including phenoxy) is 1. The highest BCUT2D eigenvalue weighted by molar-refractivity contribution is 7.89. The molecule has 0 aliphatic rings. The van der Waals surface area contributed by atoms with Crippen LogP contribution in [-0.4, -0.2) is 53.4 Å². The Morgan fingerprint density at radius 3 is 2.33 bits per heavy atom. The maximum atomic E-state index is 13.8. The summed E-state index contributed by atoms with van der Waals surface area (Å²) in [5.74, 6) is -1.61. The van der Waals surface area contributed by atoms with E-state index < -0.39 is 27.7 Å². The number of likely N-dealkylation sites (N-methyl/N-ethyl adjacent to an activating group) is 1. The van der Waals surface area contributed by atoms with E-state index in [9.17, 15) is 17.2 Å². The van der Waals surface area contributed by atoms with Crippen LogP contribution in [0.25, 0.3) is 0 Å². The molecule has 0 radical (unpaired) electrons. The molecule has 0 amide bonds. The minimum atomic E-state index is -3.55. The molecule has 0 fully saturated rings. The molecule has 1 aromatic carbocycles. The molecule has 0 spiro atoms. The number of rotatable bonds is 8. The van der Waals surface area contributed by atoms with Crippen molar-refractivity contribution in [3.63, 3.8) is 0 Å². The zero-order valence-electron chi connectivity index (χ0n) is 12.3. The molecule has 0 bridgehead atoms. The SMILES string of the molecule is COCCS(=O)(=O)NCC(c1c(F)cccc1F)N(C)C. The first-order chi connectivity index (χ1) is 9.78. The van der Waals surface area contributed by atoms with Gasteiger partial charge < -0.3 is 9.64 Å². The summed E-state index contributed by atoms with van der Waals surface area (Å²) in [4.78, 5) is 1.56. The molecular weight excluding hydrogens is 302 g/mol. The number of hydrogen-bond acceptors (Lipinski definition) is 4. The average Bonchev–Trinajstić information content (AvgIpc) is 2.39. The maximum absolute atomic E-state index is 13.8. The monoisotopic (exact) mass is 322 g/mol. The lowest BCUT2D eigenvalue weighted by molar-refractivity contribution is 0.216. The van der Waals surface area contributed by atoms with E-state index in [0.29, 0.717) is 0 Å². The molecule has 0 aliphatic heterocycles. The van der Waals surface area contributed by atoms with Crippen LogP contribution in [0.5, 0.6) is 0 Å². The van der Waals surface area contributed by atoms with Crippen molar-refractivity contribution in [2.75, 3.05) is 40.1 Å². The first kappa shape index (κ1) is 18.0. The topological polar surface area (TPSA) is 58.6 Å². The van der Waals surface area contributed by atoms with Gasteiger partial charge in [-0.3, -0.25) is 0 Å². The number of hydrogen-bond donors (Lipinski definition) is 1. The first-order valence-corrected chi connectivity index (χ1v) is 8.00. The van der Waals surface area contributed by atoms with Gasteiger partial charge >= 0.3 is 0 Å². The van der Waals surface area contributed by atoms with Gasteiger partial charge in [0.2, 0.25) is 10.0 Å². The second-order valence-corrected chi connectivity index (χ2v) is 6.70. The number of methoxy groups -OCH3 is 1. The second-order valence-electron chi connectivity index (χ2n) is 4.77. The van der Waals surface area contributed by atoms with Crippen LogP contribution in [0.15, 0.2) is 18.2 Å². The van der Waals surface area contributed by atoms with E-state index in [2.05, 4.69) is 4.72 Å². The normalized spacial score (nSPS) is 13.6. The van der Waals surface area contributed by atoms with Crippen LogP contribution in [0.1, 0.15) is 11.6 Å². The molecule has 8 heteroatoms. The number of halogens is 2. The Hall–Kier alpha value is -1.09. The Balaban J connectivity index is 2.90. The average molecular weight is 322 g/mol. The van der Waals surface area contributed by atoms with Crippen molar-refractivity contribution in [2.45, 2.75) is 6.04 Å². The second kappa shape index (κ2) is 7.79. The lowest BCUT2D eigenvalue weighted by Crippen LogP contribution is -2.37. The third kappa shape index (κ3) is 5.31. The summed E-state index contributed by atoms with van der Waals surface area (Å²) >= 11 is 0. The van der Waals surface area contributed by atoms with Gasteiger partial charge in [-0.15, -0.1) is 0 Å². The van der Waals surface area contributed by atoms with Crippen LogP contribution in [-0.2, 0) is 14.8 Å². The van der Waals surface area contributed by atoms with Gasteiger partial charge in [0.25, 0.3) is 0 Å². The van der Waals surface area contributed by atoms with Crippen LogP contribution in [0.3, 0.4) is 0 Å². The van der Waals surface area contributed by atoms with Gasteiger partial charge in [-0.1, -0.05) is 6.07 Å². The van der Waals surface area contributed by atoms with E-state index in [1.807, 2.05) is 0 Å². The minimum absolute atomic E-state index is 0.0516. The van der Waals surface area contributed by atoms with E-state index in [4.69, 9.17) is 4.74 Å². The lowest BCUT2D eigenvalue weighted by Gasteiger charge is -2.25. The Morgan fingerprint density at radius 2 is 1.86 bits per heavy atom. The molecule has 1 atom stereocenters. The predicted octanol–water partition coefficient (Wildman–Crippen LogP) is 1.13. The molecular formula is C13H20F2N2O3S. The molecule has 0 aliphatic carbocycles. The van der Waals surface area contributed by atoms with Crippen molar-refractivity contribution in [3.05, 3.63) is 35.4 Å². The molecule has 1 aromatic rings. The third-order valence-corrected chi connectivity index (χ3v) is 4.32. The standard InChI is InChI=1S/C13H20F2N2O3S/c1-17(2)12(9-16-21(18,19)8-7-20-3)13-10(14)5-4-6-11(13)15/h4-6,12,16H,7-9H2,1-3H3. The number of nitrogens with one attached hydrogen (secondary N) is 1. The van der Waals surface area contributed by atoms with Gasteiger partial charge in [-0.2, -0.15) is 0 Å². The highest BCUT2D eigenvalue weighted by atomic mass is 32.2. The molecule has 0 saturated carbocycles. The van der Waals surface area contributed by atoms with Crippen molar-refractivity contribution in [1.82, 2.24) is 9.62 Å². The summed E-state index contributed by atoms with van der Waals surface area (Å²) in [5.41, 5.74) is -0.156. The van der Waals surface area contributed by atoms with Gasteiger partial charge in [0, 0.05) is 19.2 Å². The highest BCUT2D eigenvalue weighted by Crippen LogP contribution is 2.24. The van der Waals surface area contributed by atoms with E-state index in [1.165, 1.54) is 13.2 Å². The van der Waals surface area contributed by atoms with Gasteiger partial charge in [0.1, 0.15) is 11.6 Å². The summed E-state index contributed by atoms with van der Waals surface area (Å²) in [6.45, 7) is -0.0765. The van der Waals surface area contributed by atoms with Crippen molar-refractivity contribution in [1.29, 1.82) is 0 Å². The van der Waals surface area contributed by atoms with Gasteiger partial charge in [-0.05, 0) is 26.2 Å². The van der Waals surface area contributed by atoms with Gasteiger partial charge in [0.05, 0.1) is 18.4 Å². The van der Waals surface area contributed by atoms with Crippen LogP contribution in [0, 0.1) is 11.6 Å². The Labute approximate surface area is 124 Å². The molecule has 0 aromatic heterocycles. The predicted molar refractivity (Wildman–Crippen MR) is 76.5 cm³/mol. The minimum Gasteiger partial charge on any atom is -0.384 e. The molecule has 120 valence electrons. The number of sulfonamides is 1. The third-order valence-electron chi connectivity index (χ3n) is 3.01. The quantitative estimate of drug-likeness (QED) is 0.780. The molecule has 5 nitrogen and oxygen atoms in total. The van der Waals surface area contributed by atoms with Crippen LogP contribution in [0.4, 0.5) is 8.78 Å². The maximum Gasteiger partial charge on any atom is 0.213 e. The van der Waals surface area contributed by atoms with E-state index >= 15 is 0 Å². The summed E-state index contributed by atoms with van der Waals surface area (Å²) in [6.07, 6.45) is 0. The van der Waals surface area contributed by atoms with Crippen molar-refractivity contribution >= 4 is 10.0 Å². The Kier molecular flexibility index (Phi) is 6.66. The first-order valence-electron chi connectivity index (χ1n) is 6.35. The van der Waals surface area contributed by atoms with Crippen molar-refractivity contribution in [2.24, 2.45) is 0 Å². The summed E-state index contributed by atoms with van der Waals surface area (Å²) < 4.78 is 58.1. The van der Waals surface area contributed by atoms with E-state index in [-0.39, 0.29) is 24.5 Å². The van der Waals surface area contributed by atoms with Crippen molar-refractivity contribution < 1.29 is 21.9 Å². The fourth-order valence-corrected chi connectivity index (χ4v) is 2.79. The molecule has 1 N–H and O–H groups in total. The molecule has 1 rings (SSSR count). The Morgan fingerprint density at radius 1 is 1.29 bits per heavy atom. The smallest absolute Gasteiger partial charge is 0.213 e. The fraction of sp³-hybridized carbons (Fsp3) is 0.538. The molecule has 1 unspecified atom stereocenters. The van der Waals surface area contributed by atoms with Crippen LogP contribution < -0.4 is 4.72 Å². The van der Waals surface area contributed by atoms with E-state index in [0.717, 1.165) is 12.1 Å². The van der Waals surface area contributed by atoms with E-state index in [1.54, 1.807) is 19.0 Å². The molecule has 0 heterocycles.